The lowest BCUT2D eigenvalue weighted by molar-refractivity contribution is -0.570. The molecular weight excluding hydrogens is 326 g/mol. The molecule has 0 radical (unpaired) electrons. The van der Waals surface area contributed by atoms with E-state index in [0.29, 0.717) is 6.54 Å². The molecule has 3 aliphatic heterocycles. The summed E-state index contributed by atoms with van der Waals surface area (Å²) in [6.07, 6.45) is 4.63. The van der Waals surface area contributed by atoms with Crippen LogP contribution in [0.25, 0.3) is 0 Å². The minimum absolute atomic E-state index is 0.00841. The normalized spacial score (nSPS) is 26.4. The van der Waals surface area contributed by atoms with Gasteiger partial charge in [0, 0.05) is 19.5 Å². The highest BCUT2D eigenvalue weighted by atomic mass is 16.2. The molecule has 134 valence electrons. The van der Waals surface area contributed by atoms with Crippen LogP contribution in [-0.2, 0) is 11.3 Å². The molecule has 26 heavy (non-hydrogen) atoms. The summed E-state index contributed by atoms with van der Waals surface area (Å²) < 4.78 is 2.12. The van der Waals surface area contributed by atoms with Crippen LogP contribution < -0.4 is 0 Å². The number of rotatable bonds is 2. The quantitative estimate of drug-likeness (QED) is 0.765. The number of hydrogen-bond donors (Lipinski definition) is 0. The molecule has 1 atom stereocenters. The van der Waals surface area contributed by atoms with Crippen molar-refractivity contribution < 1.29 is 9.37 Å². The molecule has 1 aromatic rings. The molecule has 1 aromatic carbocycles. The molecule has 1 saturated heterocycles. The van der Waals surface area contributed by atoms with E-state index >= 15 is 0 Å². The molecule has 1 unspecified atom stereocenters. The minimum Gasteiger partial charge on any atom is -0.288 e. The van der Waals surface area contributed by atoms with Crippen LogP contribution in [-0.4, -0.2) is 63.1 Å². The van der Waals surface area contributed by atoms with Crippen molar-refractivity contribution in [2.24, 2.45) is 9.98 Å². The van der Waals surface area contributed by atoms with E-state index in [1.807, 2.05) is 25.2 Å². The maximum Gasteiger partial charge on any atom is 0.328 e. The molecular formula is C20H24N5O+. The molecule has 3 heterocycles. The molecule has 0 bridgehead atoms. The first kappa shape index (κ1) is 15.7. The molecule has 6 heteroatoms. The number of nitrogens with zero attached hydrogens (tertiary/aromatic N) is 5. The zero-order valence-corrected chi connectivity index (χ0v) is 15.4. The SMILES string of the molecule is CC1N=C2C(=[N+]1Cc1ccccc1)C(=O)N(C)C1=NC3(CCCC3)CN21. The Hall–Kier alpha value is -2.50. The molecule has 0 aromatic heterocycles. The fraction of sp³-hybridized carbons (Fsp3) is 0.500. The predicted octanol–water partition coefficient (Wildman–Crippen LogP) is 1.85. The fourth-order valence-corrected chi connectivity index (χ4v) is 4.68. The highest BCUT2D eigenvalue weighted by molar-refractivity contribution is 6.68. The van der Waals surface area contributed by atoms with Crippen molar-refractivity contribution in [3.8, 4) is 0 Å². The third-order valence-corrected chi connectivity index (χ3v) is 6.08. The van der Waals surface area contributed by atoms with Crippen LogP contribution in [0.5, 0.6) is 0 Å². The van der Waals surface area contributed by atoms with Gasteiger partial charge in [0.2, 0.25) is 18.0 Å². The number of carbonyl (C=O) groups excluding carboxylic acids is 1. The van der Waals surface area contributed by atoms with Gasteiger partial charge < -0.3 is 0 Å². The summed E-state index contributed by atoms with van der Waals surface area (Å²) in [5.41, 5.74) is 1.89. The van der Waals surface area contributed by atoms with Crippen molar-refractivity contribution in [3.05, 3.63) is 35.9 Å². The maximum atomic E-state index is 13.2. The van der Waals surface area contributed by atoms with E-state index in [4.69, 9.17) is 9.98 Å². The Morgan fingerprint density at radius 3 is 2.69 bits per heavy atom. The number of amides is 1. The standard InChI is InChI=1S/C20H24N5O/c1-14-21-17-16(24(14)12-15-8-4-3-5-9-15)18(26)23(2)19-22-20(13-25(17)19)10-6-7-11-20/h3-5,8-9,14H,6-7,10-13H2,1-2H3/q+1. The average Bonchev–Trinajstić information content (AvgIpc) is 3.34. The van der Waals surface area contributed by atoms with Crippen LogP contribution in [0.2, 0.25) is 0 Å². The van der Waals surface area contributed by atoms with E-state index in [2.05, 4.69) is 28.5 Å². The van der Waals surface area contributed by atoms with Crippen LogP contribution in [0.4, 0.5) is 0 Å². The molecule has 0 N–H and O–H groups in total. The molecule has 2 fully saturated rings. The summed E-state index contributed by atoms with van der Waals surface area (Å²) in [7, 11) is 1.84. The van der Waals surface area contributed by atoms with Crippen LogP contribution in [0.1, 0.15) is 38.2 Å². The van der Waals surface area contributed by atoms with Crippen LogP contribution in [0.3, 0.4) is 0 Å². The number of amidine groups is 1. The highest BCUT2D eigenvalue weighted by Gasteiger charge is 2.54. The molecule has 1 amide bonds. The first-order chi connectivity index (χ1) is 12.6. The van der Waals surface area contributed by atoms with Gasteiger partial charge in [-0.05, 0) is 12.8 Å². The number of carbonyl (C=O) groups is 1. The van der Waals surface area contributed by atoms with Gasteiger partial charge in [0.25, 0.3) is 0 Å². The second-order valence-electron chi connectivity index (χ2n) is 7.84. The van der Waals surface area contributed by atoms with E-state index in [9.17, 15) is 4.79 Å². The zero-order chi connectivity index (χ0) is 17.9. The molecule has 1 aliphatic carbocycles. The Balaban J connectivity index is 1.55. The van der Waals surface area contributed by atoms with Gasteiger partial charge in [-0.1, -0.05) is 43.2 Å². The van der Waals surface area contributed by atoms with Crippen molar-refractivity contribution in [3.63, 3.8) is 0 Å². The second-order valence-corrected chi connectivity index (χ2v) is 7.84. The van der Waals surface area contributed by atoms with Crippen molar-refractivity contribution in [1.82, 2.24) is 9.80 Å². The molecule has 1 saturated carbocycles. The minimum atomic E-state index is -0.0444. The lowest BCUT2D eigenvalue weighted by Gasteiger charge is -2.30. The number of aliphatic imine (C=N–C) groups is 2. The van der Waals surface area contributed by atoms with Crippen LogP contribution in [0, 0.1) is 0 Å². The monoisotopic (exact) mass is 350 g/mol. The van der Waals surface area contributed by atoms with Gasteiger partial charge >= 0.3 is 11.6 Å². The van der Waals surface area contributed by atoms with Crippen LogP contribution in [0.15, 0.2) is 40.3 Å². The first-order valence-corrected chi connectivity index (χ1v) is 9.49. The number of hydrogen-bond acceptors (Lipinski definition) is 4. The number of fused-ring (bicyclic) bond motifs is 3. The van der Waals surface area contributed by atoms with Crippen molar-refractivity contribution in [1.29, 1.82) is 0 Å². The Kier molecular flexibility index (Phi) is 3.33. The fourth-order valence-electron chi connectivity index (χ4n) is 4.68. The van der Waals surface area contributed by atoms with E-state index in [0.717, 1.165) is 36.9 Å². The summed E-state index contributed by atoms with van der Waals surface area (Å²) in [4.78, 5) is 26.9. The smallest absolute Gasteiger partial charge is 0.288 e. The van der Waals surface area contributed by atoms with Crippen molar-refractivity contribution in [2.45, 2.75) is 50.9 Å². The maximum absolute atomic E-state index is 13.2. The van der Waals surface area contributed by atoms with Crippen LogP contribution >= 0.6 is 0 Å². The lowest BCUT2D eigenvalue weighted by Crippen LogP contribution is -2.59. The summed E-state index contributed by atoms with van der Waals surface area (Å²) in [5, 5.41) is 0. The van der Waals surface area contributed by atoms with E-state index < -0.39 is 0 Å². The topological polar surface area (TPSA) is 51.3 Å². The molecule has 6 nitrogen and oxygen atoms in total. The van der Waals surface area contributed by atoms with E-state index in [-0.39, 0.29) is 17.6 Å². The van der Waals surface area contributed by atoms with Gasteiger partial charge in [0.15, 0.2) is 6.54 Å². The Morgan fingerprint density at radius 2 is 1.96 bits per heavy atom. The predicted molar refractivity (Wildman–Crippen MR) is 100 cm³/mol. The third kappa shape index (κ3) is 2.17. The Labute approximate surface area is 153 Å². The largest absolute Gasteiger partial charge is 0.328 e. The van der Waals surface area contributed by atoms with Gasteiger partial charge in [0.1, 0.15) is 0 Å². The first-order valence-electron chi connectivity index (χ1n) is 9.49. The Bertz CT molecular complexity index is 863. The van der Waals surface area contributed by atoms with Gasteiger partial charge in [-0.3, -0.25) is 14.6 Å². The second kappa shape index (κ2) is 5.50. The number of guanidine groups is 1. The summed E-state index contributed by atoms with van der Waals surface area (Å²) in [6, 6.07) is 10.3. The average molecular weight is 350 g/mol. The van der Waals surface area contributed by atoms with Gasteiger partial charge in [-0.15, -0.1) is 0 Å². The molecule has 4 aliphatic rings. The van der Waals surface area contributed by atoms with Crippen molar-refractivity contribution >= 4 is 23.4 Å². The summed E-state index contributed by atoms with van der Waals surface area (Å²) in [5.74, 6) is 1.61. The molecule has 5 rings (SSSR count). The molecule has 1 spiro atoms. The summed E-state index contributed by atoms with van der Waals surface area (Å²) >= 11 is 0. The van der Waals surface area contributed by atoms with Crippen molar-refractivity contribution in [2.75, 3.05) is 13.6 Å². The zero-order valence-electron chi connectivity index (χ0n) is 15.4. The summed E-state index contributed by atoms with van der Waals surface area (Å²) in [6.45, 7) is 3.61. The van der Waals surface area contributed by atoms with Gasteiger partial charge in [-0.25, -0.2) is 4.99 Å². The van der Waals surface area contributed by atoms with E-state index in [1.165, 1.54) is 18.4 Å². The van der Waals surface area contributed by atoms with Gasteiger partial charge in [0.05, 0.1) is 12.1 Å². The lowest BCUT2D eigenvalue weighted by atomic mass is 9.99. The highest BCUT2D eigenvalue weighted by Crippen LogP contribution is 2.39. The number of benzene rings is 1. The third-order valence-electron chi connectivity index (χ3n) is 6.08. The Morgan fingerprint density at radius 1 is 1.23 bits per heavy atom. The van der Waals surface area contributed by atoms with Gasteiger partial charge in [-0.2, -0.15) is 9.57 Å². The van der Waals surface area contributed by atoms with E-state index in [1.54, 1.807) is 4.90 Å².